The van der Waals surface area contributed by atoms with Crippen LogP contribution in [0.2, 0.25) is 0 Å². The molecule has 0 unspecified atom stereocenters. The summed E-state index contributed by atoms with van der Waals surface area (Å²) >= 11 is 0. The van der Waals surface area contributed by atoms with E-state index < -0.39 is 5.82 Å². The van der Waals surface area contributed by atoms with Gasteiger partial charge >= 0.3 is 0 Å². The lowest BCUT2D eigenvalue weighted by Crippen LogP contribution is -2.69. The number of carbonyl (C=O) groups is 1. The first kappa shape index (κ1) is 11.7. The molecule has 1 saturated carbocycles. The molecular formula is C14H17FN2O. The van der Waals surface area contributed by atoms with E-state index in [1.807, 2.05) is 6.92 Å². The van der Waals surface area contributed by atoms with Gasteiger partial charge in [-0.05, 0) is 37.8 Å². The molecule has 4 heteroatoms. The van der Waals surface area contributed by atoms with E-state index in [4.69, 9.17) is 5.73 Å². The van der Waals surface area contributed by atoms with Crippen LogP contribution >= 0.6 is 0 Å². The van der Waals surface area contributed by atoms with Crippen LogP contribution in [-0.4, -0.2) is 29.4 Å². The molecule has 2 N–H and O–H groups in total. The van der Waals surface area contributed by atoms with Gasteiger partial charge in [0.1, 0.15) is 5.82 Å². The number of hydrogen-bond acceptors (Lipinski definition) is 2. The SMILES string of the molecule is Cc1ccc(F)c(C(=O)N2CC(N)(C3CC3)C2)c1. The number of halogens is 1. The standard InChI is InChI=1S/C14H17FN2O/c1-9-2-5-12(15)11(6-9)13(18)17-7-14(16,8-17)10-3-4-10/h2,5-6,10H,3-4,7-8,16H2,1H3. The van der Waals surface area contributed by atoms with Gasteiger partial charge in [-0.2, -0.15) is 0 Å². The van der Waals surface area contributed by atoms with Crippen LogP contribution in [-0.2, 0) is 0 Å². The van der Waals surface area contributed by atoms with Crippen molar-refractivity contribution in [3.05, 3.63) is 35.1 Å². The zero-order valence-electron chi connectivity index (χ0n) is 10.4. The first-order chi connectivity index (χ1) is 8.49. The summed E-state index contributed by atoms with van der Waals surface area (Å²) in [6.07, 6.45) is 2.33. The fraction of sp³-hybridized carbons (Fsp3) is 0.500. The van der Waals surface area contributed by atoms with Crippen LogP contribution in [0.1, 0.15) is 28.8 Å². The summed E-state index contributed by atoms with van der Waals surface area (Å²) in [6.45, 7) is 2.97. The number of nitrogens with two attached hydrogens (primary N) is 1. The normalized spacial score (nSPS) is 21.6. The van der Waals surface area contributed by atoms with Crippen LogP contribution < -0.4 is 5.73 Å². The number of amides is 1. The third kappa shape index (κ3) is 1.81. The Morgan fingerprint density at radius 1 is 1.44 bits per heavy atom. The summed E-state index contributed by atoms with van der Waals surface area (Å²) in [5, 5.41) is 0. The van der Waals surface area contributed by atoms with E-state index in [2.05, 4.69) is 0 Å². The second-order valence-electron chi connectivity index (χ2n) is 5.65. The number of carbonyl (C=O) groups excluding carboxylic acids is 1. The van der Waals surface area contributed by atoms with Crippen molar-refractivity contribution in [3.8, 4) is 0 Å². The van der Waals surface area contributed by atoms with E-state index in [0.717, 1.165) is 18.4 Å². The predicted molar refractivity (Wildman–Crippen MR) is 66.7 cm³/mol. The first-order valence-electron chi connectivity index (χ1n) is 6.34. The largest absolute Gasteiger partial charge is 0.335 e. The molecule has 1 aromatic rings. The Kier molecular flexibility index (Phi) is 2.45. The third-order valence-electron chi connectivity index (χ3n) is 4.00. The van der Waals surface area contributed by atoms with Gasteiger partial charge in [0.25, 0.3) is 5.91 Å². The van der Waals surface area contributed by atoms with E-state index in [1.165, 1.54) is 6.07 Å². The van der Waals surface area contributed by atoms with Crippen LogP contribution in [0.3, 0.4) is 0 Å². The number of hydrogen-bond donors (Lipinski definition) is 1. The van der Waals surface area contributed by atoms with E-state index >= 15 is 0 Å². The molecule has 1 heterocycles. The van der Waals surface area contributed by atoms with E-state index in [9.17, 15) is 9.18 Å². The lowest BCUT2D eigenvalue weighted by molar-refractivity contribution is 0.0346. The maximum absolute atomic E-state index is 13.6. The Balaban J connectivity index is 1.74. The zero-order valence-corrected chi connectivity index (χ0v) is 10.4. The number of rotatable bonds is 2. The van der Waals surface area contributed by atoms with Gasteiger partial charge in [-0.15, -0.1) is 0 Å². The van der Waals surface area contributed by atoms with Gasteiger partial charge in [0.15, 0.2) is 0 Å². The maximum Gasteiger partial charge on any atom is 0.256 e. The molecule has 1 amide bonds. The van der Waals surface area contributed by atoms with Crippen LogP contribution in [0.25, 0.3) is 0 Å². The molecule has 0 bridgehead atoms. The number of benzene rings is 1. The minimum absolute atomic E-state index is 0.160. The minimum atomic E-state index is -0.452. The average molecular weight is 248 g/mol. The van der Waals surface area contributed by atoms with Crippen molar-refractivity contribution in [1.29, 1.82) is 0 Å². The summed E-state index contributed by atoms with van der Waals surface area (Å²) in [7, 11) is 0. The molecule has 3 nitrogen and oxygen atoms in total. The molecule has 0 atom stereocenters. The number of likely N-dealkylation sites (tertiary alicyclic amines) is 1. The lowest BCUT2D eigenvalue weighted by atomic mass is 9.85. The molecule has 2 fully saturated rings. The molecule has 0 radical (unpaired) electrons. The van der Waals surface area contributed by atoms with Gasteiger partial charge < -0.3 is 10.6 Å². The van der Waals surface area contributed by atoms with Crippen LogP contribution in [0, 0.1) is 18.7 Å². The molecule has 0 aromatic heterocycles. The summed E-state index contributed by atoms with van der Waals surface area (Å²) < 4.78 is 13.6. The van der Waals surface area contributed by atoms with Crippen molar-refractivity contribution >= 4 is 5.91 Å². The number of nitrogens with zero attached hydrogens (tertiary/aromatic N) is 1. The summed E-state index contributed by atoms with van der Waals surface area (Å²) in [5.74, 6) is -0.131. The zero-order chi connectivity index (χ0) is 12.9. The predicted octanol–water partition coefficient (Wildman–Crippen LogP) is 1.70. The fourth-order valence-corrected chi connectivity index (χ4v) is 2.70. The van der Waals surface area contributed by atoms with Gasteiger partial charge in [0, 0.05) is 13.1 Å². The quantitative estimate of drug-likeness (QED) is 0.866. The van der Waals surface area contributed by atoms with Gasteiger partial charge in [-0.3, -0.25) is 4.79 Å². The highest BCUT2D eigenvalue weighted by Crippen LogP contribution is 2.43. The van der Waals surface area contributed by atoms with Crippen LogP contribution in [0.5, 0.6) is 0 Å². The fourth-order valence-electron chi connectivity index (χ4n) is 2.70. The topological polar surface area (TPSA) is 46.3 Å². The van der Waals surface area contributed by atoms with E-state index in [1.54, 1.807) is 17.0 Å². The molecule has 18 heavy (non-hydrogen) atoms. The molecule has 1 aliphatic carbocycles. The first-order valence-corrected chi connectivity index (χ1v) is 6.34. The maximum atomic E-state index is 13.6. The van der Waals surface area contributed by atoms with Crippen molar-refractivity contribution in [1.82, 2.24) is 4.90 Å². The molecule has 0 spiro atoms. The monoisotopic (exact) mass is 248 g/mol. The molecule has 3 rings (SSSR count). The van der Waals surface area contributed by atoms with Gasteiger partial charge in [-0.1, -0.05) is 11.6 Å². The van der Waals surface area contributed by atoms with Gasteiger partial charge in [0.05, 0.1) is 11.1 Å². The Morgan fingerprint density at radius 3 is 2.72 bits per heavy atom. The van der Waals surface area contributed by atoms with Crippen molar-refractivity contribution in [2.75, 3.05) is 13.1 Å². The third-order valence-corrected chi connectivity index (χ3v) is 4.00. The van der Waals surface area contributed by atoms with Crippen LogP contribution in [0.4, 0.5) is 4.39 Å². The summed E-state index contributed by atoms with van der Waals surface area (Å²) in [5.41, 5.74) is 7.03. The summed E-state index contributed by atoms with van der Waals surface area (Å²) in [6, 6.07) is 4.61. The second kappa shape index (κ2) is 3.79. The highest BCUT2D eigenvalue weighted by molar-refractivity contribution is 5.95. The van der Waals surface area contributed by atoms with Crippen molar-refractivity contribution in [3.63, 3.8) is 0 Å². The van der Waals surface area contributed by atoms with E-state index in [0.29, 0.717) is 19.0 Å². The molecule has 96 valence electrons. The molecular weight excluding hydrogens is 231 g/mol. The van der Waals surface area contributed by atoms with Crippen molar-refractivity contribution < 1.29 is 9.18 Å². The summed E-state index contributed by atoms with van der Waals surface area (Å²) in [4.78, 5) is 13.8. The Bertz CT molecular complexity index is 505. The molecule has 1 saturated heterocycles. The second-order valence-corrected chi connectivity index (χ2v) is 5.65. The molecule has 2 aliphatic rings. The minimum Gasteiger partial charge on any atom is -0.335 e. The van der Waals surface area contributed by atoms with Crippen molar-refractivity contribution in [2.24, 2.45) is 11.7 Å². The van der Waals surface area contributed by atoms with E-state index in [-0.39, 0.29) is 17.0 Å². The molecule has 1 aliphatic heterocycles. The molecule has 1 aromatic carbocycles. The lowest BCUT2D eigenvalue weighted by Gasteiger charge is -2.48. The van der Waals surface area contributed by atoms with Crippen LogP contribution in [0.15, 0.2) is 18.2 Å². The highest BCUT2D eigenvalue weighted by atomic mass is 19.1. The van der Waals surface area contributed by atoms with Crippen molar-refractivity contribution in [2.45, 2.75) is 25.3 Å². The highest BCUT2D eigenvalue weighted by Gasteiger charge is 2.51. The Hall–Kier alpha value is -1.42. The van der Waals surface area contributed by atoms with Gasteiger partial charge in [0.2, 0.25) is 0 Å². The average Bonchev–Trinajstić information content (AvgIpc) is 3.11. The van der Waals surface area contributed by atoms with Gasteiger partial charge in [-0.25, -0.2) is 4.39 Å². The Labute approximate surface area is 106 Å². The number of aryl methyl sites for hydroxylation is 1. The smallest absolute Gasteiger partial charge is 0.256 e. The Morgan fingerprint density at radius 2 is 2.11 bits per heavy atom.